The van der Waals surface area contributed by atoms with Gasteiger partial charge in [0.2, 0.25) is 11.7 Å². The van der Waals surface area contributed by atoms with Gasteiger partial charge < -0.3 is 35.0 Å². The molecule has 0 saturated carbocycles. The van der Waals surface area contributed by atoms with Gasteiger partial charge in [-0.15, -0.1) is 0 Å². The number of aromatic amines is 1. The number of nitrogens with two attached hydrogens (primary N) is 1. The summed E-state index contributed by atoms with van der Waals surface area (Å²) in [4.78, 5) is 17.4. The van der Waals surface area contributed by atoms with Crippen LogP contribution < -0.4 is 30.0 Å². The molecule has 0 radical (unpaired) electrons. The van der Waals surface area contributed by atoms with Crippen LogP contribution in [-0.2, 0) is 11.2 Å². The van der Waals surface area contributed by atoms with Gasteiger partial charge in [-0.05, 0) is 58.9 Å². The number of hydrogen-bond donors (Lipinski definition) is 3. The Kier molecular flexibility index (Phi) is 7.90. The van der Waals surface area contributed by atoms with Gasteiger partial charge in [0, 0.05) is 35.0 Å². The zero-order chi connectivity index (χ0) is 28.2. The topological polar surface area (TPSA) is 121 Å². The molecule has 5 aromatic rings. The Morgan fingerprint density at radius 2 is 1.65 bits per heavy atom. The molecule has 2 aromatic heterocycles. The predicted molar refractivity (Wildman–Crippen MR) is 158 cm³/mol. The van der Waals surface area contributed by atoms with E-state index in [1.807, 2.05) is 60.7 Å². The van der Waals surface area contributed by atoms with Crippen molar-refractivity contribution in [1.82, 2.24) is 9.36 Å². The Labute approximate surface area is 236 Å². The molecule has 10 heteroatoms. The molecule has 1 amide bonds. The van der Waals surface area contributed by atoms with Gasteiger partial charge in [-0.25, -0.2) is 0 Å². The minimum Gasteiger partial charge on any atom is -0.495 e. The lowest BCUT2D eigenvalue weighted by molar-refractivity contribution is -0.117. The largest absolute Gasteiger partial charge is 0.495 e. The fraction of sp³-hybridized carbons (Fsp3) is 0.200. The number of ether oxygens (including phenoxy) is 4. The van der Waals surface area contributed by atoms with Gasteiger partial charge in [0.1, 0.15) is 5.75 Å². The van der Waals surface area contributed by atoms with Crippen LogP contribution in [0, 0.1) is 0 Å². The van der Waals surface area contributed by atoms with Crippen molar-refractivity contribution in [3.05, 3.63) is 72.6 Å². The molecule has 0 aliphatic heterocycles. The summed E-state index contributed by atoms with van der Waals surface area (Å²) < 4.78 is 26.5. The summed E-state index contributed by atoms with van der Waals surface area (Å²) in [7, 11) is 6.28. The second-order valence-corrected chi connectivity index (χ2v) is 9.88. The van der Waals surface area contributed by atoms with Gasteiger partial charge in [-0.3, -0.25) is 4.79 Å². The third kappa shape index (κ3) is 5.31. The quantitative estimate of drug-likeness (QED) is 0.207. The maximum Gasteiger partial charge on any atom is 0.241 e. The first kappa shape index (κ1) is 27.0. The number of fused-ring (bicyclic) bond motifs is 1. The molecular weight excluding hydrogens is 528 g/mol. The molecule has 0 aliphatic rings. The fourth-order valence-electron chi connectivity index (χ4n) is 4.64. The number of anilines is 1. The lowest BCUT2D eigenvalue weighted by atomic mass is 10.0. The molecule has 2 heterocycles. The summed E-state index contributed by atoms with van der Waals surface area (Å²) in [6, 6.07) is 18.5. The monoisotopic (exact) mass is 558 g/mol. The van der Waals surface area contributed by atoms with E-state index in [1.54, 1.807) is 34.6 Å². The summed E-state index contributed by atoms with van der Waals surface area (Å²) >= 11 is 1.34. The first-order valence-corrected chi connectivity index (χ1v) is 13.3. The number of methoxy groups -OCH3 is 4. The molecule has 1 atom stereocenters. The summed E-state index contributed by atoms with van der Waals surface area (Å²) in [6.45, 7) is 0. The molecule has 0 unspecified atom stereocenters. The first-order chi connectivity index (χ1) is 19.4. The number of H-pyrrole nitrogens is 1. The predicted octanol–water partition coefficient (Wildman–Crippen LogP) is 5.50. The maximum absolute atomic E-state index is 13.1. The van der Waals surface area contributed by atoms with Crippen molar-refractivity contribution in [2.24, 2.45) is 5.73 Å². The van der Waals surface area contributed by atoms with Crippen molar-refractivity contribution in [3.8, 4) is 44.6 Å². The van der Waals surface area contributed by atoms with E-state index in [1.165, 1.54) is 11.5 Å². The van der Waals surface area contributed by atoms with E-state index in [0.717, 1.165) is 38.2 Å². The third-order valence-corrected chi connectivity index (χ3v) is 7.48. The maximum atomic E-state index is 13.1. The number of amides is 1. The highest BCUT2D eigenvalue weighted by molar-refractivity contribution is 7.10. The number of hydrogen-bond acceptors (Lipinski definition) is 8. The van der Waals surface area contributed by atoms with Crippen molar-refractivity contribution in [2.75, 3.05) is 33.8 Å². The molecule has 0 spiro atoms. The Balaban J connectivity index is 1.42. The number of aromatic nitrogens is 2. The van der Waals surface area contributed by atoms with E-state index in [4.69, 9.17) is 24.7 Å². The number of carbonyl (C=O) groups excluding carboxylic acids is 1. The minimum absolute atomic E-state index is 0.317. The van der Waals surface area contributed by atoms with Crippen LogP contribution in [0.5, 0.6) is 23.0 Å². The van der Waals surface area contributed by atoms with Crippen LogP contribution in [0.2, 0.25) is 0 Å². The summed E-state index contributed by atoms with van der Waals surface area (Å²) in [5.74, 6) is 1.80. The van der Waals surface area contributed by atoms with Gasteiger partial charge >= 0.3 is 0 Å². The van der Waals surface area contributed by atoms with Gasteiger partial charge in [0.05, 0.1) is 45.0 Å². The van der Waals surface area contributed by atoms with E-state index in [9.17, 15) is 4.79 Å². The molecule has 0 aliphatic carbocycles. The Morgan fingerprint density at radius 3 is 2.33 bits per heavy atom. The van der Waals surface area contributed by atoms with Crippen LogP contribution in [0.25, 0.3) is 32.5 Å². The van der Waals surface area contributed by atoms with Crippen LogP contribution in [0.1, 0.15) is 5.69 Å². The zero-order valence-electron chi connectivity index (χ0n) is 22.6. The highest BCUT2D eigenvalue weighted by atomic mass is 32.1. The van der Waals surface area contributed by atoms with E-state index in [2.05, 4.69) is 14.7 Å². The summed E-state index contributed by atoms with van der Waals surface area (Å²) in [5.41, 5.74) is 11.3. The zero-order valence-corrected chi connectivity index (χ0v) is 23.4. The van der Waals surface area contributed by atoms with E-state index in [0.29, 0.717) is 35.1 Å². The molecule has 206 valence electrons. The SMILES string of the molecule is COc1ccc(-c2cnsc2-c2cc(OC)c(OC)c(OC)c2)cc1NC(=O)[C@@H](N)Cc1cc2ccccc2[nH]1. The number of carbonyl (C=O) groups is 1. The van der Waals surface area contributed by atoms with Crippen LogP contribution >= 0.6 is 11.5 Å². The van der Waals surface area contributed by atoms with Gasteiger partial charge in [0.25, 0.3) is 0 Å². The van der Waals surface area contributed by atoms with E-state index in [-0.39, 0.29) is 5.91 Å². The van der Waals surface area contributed by atoms with Crippen molar-refractivity contribution >= 4 is 34.0 Å². The number of benzene rings is 3. The van der Waals surface area contributed by atoms with Gasteiger partial charge in [-0.1, -0.05) is 24.3 Å². The number of para-hydroxylation sites is 1. The van der Waals surface area contributed by atoms with E-state index >= 15 is 0 Å². The molecule has 0 saturated heterocycles. The second kappa shape index (κ2) is 11.7. The Morgan fingerprint density at radius 1 is 0.925 bits per heavy atom. The average molecular weight is 559 g/mol. The average Bonchev–Trinajstić information content (AvgIpc) is 3.63. The Bertz CT molecular complexity index is 1600. The van der Waals surface area contributed by atoms with Crippen molar-refractivity contribution in [2.45, 2.75) is 12.5 Å². The number of nitrogens with one attached hydrogen (secondary N) is 2. The first-order valence-electron chi connectivity index (χ1n) is 12.5. The number of rotatable bonds is 10. The number of nitrogens with zero attached hydrogens (tertiary/aromatic N) is 1. The van der Waals surface area contributed by atoms with Crippen LogP contribution in [0.4, 0.5) is 5.69 Å². The summed E-state index contributed by atoms with van der Waals surface area (Å²) in [6.07, 6.45) is 2.15. The molecule has 9 nitrogen and oxygen atoms in total. The third-order valence-electron chi connectivity index (χ3n) is 6.63. The lowest BCUT2D eigenvalue weighted by Gasteiger charge is -2.16. The molecule has 4 N–H and O–H groups in total. The second-order valence-electron chi connectivity index (χ2n) is 9.08. The van der Waals surface area contributed by atoms with Gasteiger partial charge in [-0.2, -0.15) is 4.37 Å². The highest BCUT2D eigenvalue weighted by Crippen LogP contribution is 2.45. The smallest absolute Gasteiger partial charge is 0.241 e. The normalized spacial score (nSPS) is 11.7. The van der Waals surface area contributed by atoms with Crippen molar-refractivity contribution in [1.29, 1.82) is 0 Å². The fourth-order valence-corrected chi connectivity index (χ4v) is 5.39. The van der Waals surface area contributed by atoms with Crippen LogP contribution in [0.15, 0.2) is 66.9 Å². The summed E-state index contributed by atoms with van der Waals surface area (Å²) in [5, 5.41) is 4.03. The minimum atomic E-state index is -0.765. The van der Waals surface area contributed by atoms with Gasteiger partial charge in [0.15, 0.2) is 11.5 Å². The van der Waals surface area contributed by atoms with E-state index < -0.39 is 6.04 Å². The molecule has 3 aromatic carbocycles. The molecule has 0 fully saturated rings. The van der Waals surface area contributed by atoms with Crippen molar-refractivity contribution in [3.63, 3.8) is 0 Å². The van der Waals surface area contributed by atoms with Crippen LogP contribution in [-0.4, -0.2) is 49.7 Å². The Hall–Kier alpha value is -4.54. The molecule has 0 bridgehead atoms. The highest BCUT2D eigenvalue weighted by Gasteiger charge is 2.21. The lowest BCUT2D eigenvalue weighted by Crippen LogP contribution is -2.37. The van der Waals surface area contributed by atoms with Crippen molar-refractivity contribution < 1.29 is 23.7 Å². The molecule has 5 rings (SSSR count). The standard InChI is InChI=1S/C30H30N4O5S/c1-36-25-10-9-17(21-16-32-40-29(21)19-13-26(37-2)28(39-4)27(14-19)38-3)12-24(25)34-30(35)22(31)15-20-11-18-7-5-6-8-23(18)33-20/h5-14,16,22,33H,15,31H2,1-4H3,(H,34,35)/t22-/m0/s1. The molecule has 40 heavy (non-hydrogen) atoms. The molecular formula is C30H30N4O5S. The van der Waals surface area contributed by atoms with Crippen LogP contribution in [0.3, 0.4) is 0 Å².